The predicted octanol–water partition coefficient (Wildman–Crippen LogP) is 6.76. The molecule has 0 unspecified atom stereocenters. The van der Waals surface area contributed by atoms with Crippen molar-refractivity contribution < 1.29 is 14.3 Å². The Morgan fingerprint density at radius 3 is 2.73 bits per heavy atom. The Morgan fingerprint density at radius 1 is 1.23 bits per heavy atom. The molecule has 1 heterocycles. The maximum Gasteiger partial charge on any atom is 0.270 e. The third-order valence-corrected chi connectivity index (χ3v) is 6.80. The molecule has 1 fully saturated rings. The molecule has 8 heteroatoms. The first-order chi connectivity index (χ1) is 14.5. The van der Waals surface area contributed by atoms with Gasteiger partial charge < -0.3 is 9.47 Å². The largest absolute Gasteiger partial charge is 0.490 e. The number of rotatable bonds is 8. The first-order valence-corrected chi connectivity index (χ1v) is 12.7. The lowest BCUT2D eigenvalue weighted by Crippen LogP contribution is -2.27. The fourth-order valence-corrected chi connectivity index (χ4v) is 5.20. The molecule has 0 aromatic heterocycles. The molecular weight excluding hydrogens is 502 g/mol. The number of benzene rings is 2. The highest BCUT2D eigenvalue weighted by Crippen LogP contribution is 2.40. The average Bonchev–Trinajstić information content (AvgIpc) is 3.00. The van der Waals surface area contributed by atoms with Crippen LogP contribution in [0.2, 0.25) is 0 Å². The van der Waals surface area contributed by atoms with Crippen LogP contribution in [0.5, 0.6) is 11.5 Å². The number of thiocarbonyl (C=S) groups is 1. The normalized spacial score (nSPS) is 15.2. The summed E-state index contributed by atoms with van der Waals surface area (Å²) in [5.74, 6) is 1.20. The highest BCUT2D eigenvalue weighted by Gasteiger charge is 2.33. The van der Waals surface area contributed by atoms with Crippen LogP contribution in [-0.2, 0) is 4.79 Å². The summed E-state index contributed by atoms with van der Waals surface area (Å²) in [6, 6.07) is 11.6. The lowest BCUT2D eigenvalue weighted by atomic mass is 10.1. The zero-order valence-corrected chi connectivity index (χ0v) is 21.0. The number of thioether (sulfide) groups is 2. The van der Waals surface area contributed by atoms with Gasteiger partial charge in [0, 0.05) is 4.90 Å². The zero-order valence-electron chi connectivity index (χ0n) is 16.9. The van der Waals surface area contributed by atoms with Crippen LogP contribution in [0.3, 0.4) is 0 Å². The monoisotopic (exact) mass is 523 g/mol. The van der Waals surface area contributed by atoms with Crippen LogP contribution in [-0.4, -0.2) is 29.7 Å². The van der Waals surface area contributed by atoms with Crippen molar-refractivity contribution >= 4 is 73.7 Å². The number of halogens is 1. The highest BCUT2D eigenvalue weighted by atomic mass is 79.9. The molecule has 3 rings (SSSR count). The van der Waals surface area contributed by atoms with Crippen molar-refractivity contribution in [2.75, 3.05) is 24.4 Å². The summed E-state index contributed by atoms with van der Waals surface area (Å²) in [4.78, 5) is 16.3. The number of hydrogen-bond acceptors (Lipinski definition) is 6. The van der Waals surface area contributed by atoms with E-state index < -0.39 is 0 Å². The number of amides is 1. The van der Waals surface area contributed by atoms with Crippen molar-refractivity contribution in [3.05, 3.63) is 51.3 Å². The number of carbonyl (C=O) groups excluding carboxylic acids is 1. The molecule has 0 atom stereocenters. The summed E-state index contributed by atoms with van der Waals surface area (Å²) in [7, 11) is 0. The summed E-state index contributed by atoms with van der Waals surface area (Å²) in [5, 5.41) is 0. The second-order valence-corrected chi connectivity index (χ2v) is 9.74. The fourth-order valence-electron chi connectivity index (χ4n) is 2.87. The van der Waals surface area contributed by atoms with Crippen LogP contribution in [0.1, 0.15) is 25.8 Å². The van der Waals surface area contributed by atoms with Gasteiger partial charge in [-0.15, -0.1) is 11.8 Å². The molecule has 158 valence electrons. The Labute approximate surface area is 199 Å². The molecule has 4 nitrogen and oxygen atoms in total. The van der Waals surface area contributed by atoms with E-state index >= 15 is 0 Å². The molecule has 0 bridgehead atoms. The van der Waals surface area contributed by atoms with E-state index in [1.165, 1.54) is 11.8 Å². The topological polar surface area (TPSA) is 38.8 Å². The smallest absolute Gasteiger partial charge is 0.270 e. The van der Waals surface area contributed by atoms with E-state index in [-0.39, 0.29) is 5.91 Å². The van der Waals surface area contributed by atoms with Crippen LogP contribution >= 0.6 is 51.7 Å². The van der Waals surface area contributed by atoms with E-state index in [4.69, 9.17) is 21.7 Å². The summed E-state index contributed by atoms with van der Waals surface area (Å²) in [6.07, 6.45) is 4.75. The van der Waals surface area contributed by atoms with Crippen molar-refractivity contribution in [1.29, 1.82) is 0 Å². The molecule has 1 amide bonds. The number of ether oxygens (including phenoxy) is 2. The van der Waals surface area contributed by atoms with E-state index in [1.54, 1.807) is 16.7 Å². The number of anilines is 1. The molecule has 0 saturated carbocycles. The zero-order chi connectivity index (χ0) is 21.7. The summed E-state index contributed by atoms with van der Waals surface area (Å²) >= 11 is 12.0. The minimum Gasteiger partial charge on any atom is -0.490 e. The van der Waals surface area contributed by atoms with Gasteiger partial charge in [0.05, 0.1) is 28.3 Å². The minimum atomic E-state index is -0.122. The van der Waals surface area contributed by atoms with Crippen molar-refractivity contribution in [1.82, 2.24) is 0 Å². The van der Waals surface area contributed by atoms with Crippen LogP contribution in [0.25, 0.3) is 6.08 Å². The molecule has 2 aromatic rings. The van der Waals surface area contributed by atoms with Gasteiger partial charge in [-0.1, -0.05) is 37.0 Å². The van der Waals surface area contributed by atoms with E-state index in [0.717, 1.165) is 27.0 Å². The Bertz CT molecular complexity index is 994. The minimum absolute atomic E-state index is 0.122. The Morgan fingerprint density at radius 2 is 2.03 bits per heavy atom. The predicted molar refractivity (Wildman–Crippen MR) is 135 cm³/mol. The lowest BCUT2D eigenvalue weighted by molar-refractivity contribution is -0.113. The van der Waals surface area contributed by atoms with Crippen molar-refractivity contribution in [2.24, 2.45) is 0 Å². The van der Waals surface area contributed by atoms with E-state index in [0.29, 0.717) is 33.9 Å². The van der Waals surface area contributed by atoms with Crippen LogP contribution in [0.4, 0.5) is 5.69 Å². The lowest BCUT2D eigenvalue weighted by Gasteiger charge is -2.15. The Balaban J connectivity index is 1.93. The first kappa shape index (κ1) is 23.2. The Kier molecular flexibility index (Phi) is 8.27. The van der Waals surface area contributed by atoms with Gasteiger partial charge in [0.15, 0.2) is 15.8 Å². The molecular formula is C22H22BrNO3S3. The molecule has 0 aliphatic carbocycles. The molecule has 1 saturated heterocycles. The number of nitrogens with zero attached hydrogens (tertiary/aromatic N) is 1. The second kappa shape index (κ2) is 10.7. The van der Waals surface area contributed by atoms with Crippen molar-refractivity contribution in [2.45, 2.75) is 25.2 Å². The van der Waals surface area contributed by atoms with Gasteiger partial charge in [-0.3, -0.25) is 9.69 Å². The standard InChI is InChI=1S/C22H22BrNO3S3/c1-4-9-27-20-17(23)10-14(11-18(20)26-5-2)12-19-21(25)24(22(28)30-19)15-7-6-8-16(13-15)29-3/h6-8,10-13H,4-5,9H2,1-3H3/b19-12-. The summed E-state index contributed by atoms with van der Waals surface area (Å²) < 4.78 is 12.9. The molecule has 30 heavy (non-hydrogen) atoms. The third kappa shape index (κ3) is 5.22. The number of carbonyl (C=O) groups is 1. The van der Waals surface area contributed by atoms with Crippen molar-refractivity contribution in [3.63, 3.8) is 0 Å². The number of hydrogen-bond donors (Lipinski definition) is 0. The average molecular weight is 525 g/mol. The molecule has 0 spiro atoms. The van der Waals surface area contributed by atoms with Gasteiger partial charge in [0.25, 0.3) is 5.91 Å². The van der Waals surface area contributed by atoms with Crippen LogP contribution < -0.4 is 14.4 Å². The second-order valence-electron chi connectivity index (χ2n) is 6.33. The Hall–Kier alpha value is -1.48. The van der Waals surface area contributed by atoms with Crippen molar-refractivity contribution in [3.8, 4) is 11.5 Å². The first-order valence-electron chi connectivity index (χ1n) is 9.49. The summed E-state index contributed by atoms with van der Waals surface area (Å²) in [5.41, 5.74) is 1.62. The summed E-state index contributed by atoms with van der Waals surface area (Å²) in [6.45, 7) is 5.11. The maximum absolute atomic E-state index is 13.1. The molecule has 0 N–H and O–H groups in total. The van der Waals surface area contributed by atoms with Gasteiger partial charge in [0.2, 0.25) is 0 Å². The molecule has 0 radical (unpaired) electrons. The van der Waals surface area contributed by atoms with E-state index in [2.05, 4.69) is 22.9 Å². The molecule has 1 aliphatic rings. The third-order valence-electron chi connectivity index (χ3n) is 4.19. The van der Waals surface area contributed by atoms with Gasteiger partial charge in [0.1, 0.15) is 0 Å². The fraction of sp³-hybridized carbons (Fsp3) is 0.273. The highest BCUT2D eigenvalue weighted by molar-refractivity contribution is 9.10. The van der Waals surface area contributed by atoms with Gasteiger partial charge in [-0.25, -0.2) is 0 Å². The van der Waals surface area contributed by atoms with E-state index in [9.17, 15) is 4.79 Å². The quantitative estimate of drug-likeness (QED) is 0.216. The van der Waals surface area contributed by atoms with Crippen LogP contribution in [0.15, 0.2) is 50.7 Å². The molecule has 1 aliphatic heterocycles. The van der Waals surface area contributed by atoms with Gasteiger partial charge >= 0.3 is 0 Å². The van der Waals surface area contributed by atoms with Gasteiger partial charge in [-0.2, -0.15) is 0 Å². The maximum atomic E-state index is 13.1. The van der Waals surface area contributed by atoms with Gasteiger partial charge in [-0.05, 0) is 77.5 Å². The van der Waals surface area contributed by atoms with E-state index in [1.807, 2.05) is 55.7 Å². The molecule has 2 aromatic carbocycles. The SMILES string of the molecule is CCCOc1c(Br)cc(/C=C2\SC(=S)N(c3cccc(SC)c3)C2=O)cc1OCC. The van der Waals surface area contributed by atoms with Crippen LogP contribution in [0, 0.1) is 0 Å².